The van der Waals surface area contributed by atoms with E-state index in [2.05, 4.69) is 14.7 Å². The number of sulfonamides is 1. The molecular formula is C31H38F3N5O4S. The van der Waals surface area contributed by atoms with E-state index in [0.29, 0.717) is 25.0 Å². The number of unbranched alkanes of at least 4 members (excludes halogenated alkanes) is 1. The van der Waals surface area contributed by atoms with Crippen molar-refractivity contribution in [2.45, 2.75) is 71.0 Å². The Balaban J connectivity index is 1.93. The molecule has 2 aromatic carbocycles. The molecule has 4 bridgehead atoms. The molecule has 9 nitrogen and oxygen atoms in total. The van der Waals surface area contributed by atoms with Crippen LogP contribution in [0.4, 0.5) is 19.1 Å². The first kappa shape index (κ1) is 33.2. The van der Waals surface area contributed by atoms with Gasteiger partial charge in [-0.25, -0.2) is 23.1 Å². The number of rotatable bonds is 8. The number of aromatic nitrogens is 2. The van der Waals surface area contributed by atoms with E-state index >= 15 is 0 Å². The molecule has 4 rings (SSSR count). The molecule has 0 spiro atoms. The van der Waals surface area contributed by atoms with E-state index in [9.17, 15) is 26.4 Å². The predicted octanol–water partition coefficient (Wildman–Crippen LogP) is 6.39. The highest BCUT2D eigenvalue weighted by atomic mass is 32.2. The molecule has 0 radical (unpaired) electrons. The third-order valence-electron chi connectivity index (χ3n) is 7.21. The van der Waals surface area contributed by atoms with Crippen molar-refractivity contribution in [2.24, 2.45) is 5.92 Å². The van der Waals surface area contributed by atoms with E-state index in [4.69, 9.17) is 4.74 Å². The molecule has 13 heteroatoms. The van der Waals surface area contributed by atoms with Gasteiger partial charge < -0.3 is 4.74 Å². The number of hydrogen-bond acceptors (Lipinski definition) is 7. The van der Waals surface area contributed by atoms with E-state index < -0.39 is 34.7 Å². The van der Waals surface area contributed by atoms with Gasteiger partial charge in [-0.05, 0) is 61.9 Å². The van der Waals surface area contributed by atoms with Gasteiger partial charge >= 0.3 is 6.18 Å². The lowest BCUT2D eigenvalue weighted by atomic mass is 10.00. The Bertz CT molecular complexity index is 1580. The SMILES string of the molecule is CCCCN(CC(F)(F)F)N1C(=O)c2cccc(c2)S(=O)(=O)Nc2nc(cc(-c3c(C)cccc3C)n2)OC[C@H]1CC(C)C. The lowest BCUT2D eigenvalue weighted by Gasteiger charge is -2.41. The van der Waals surface area contributed by atoms with Gasteiger partial charge in [0.1, 0.15) is 13.2 Å². The van der Waals surface area contributed by atoms with Crippen LogP contribution < -0.4 is 9.46 Å². The van der Waals surface area contributed by atoms with Crippen molar-refractivity contribution in [1.29, 1.82) is 0 Å². The average molecular weight is 634 g/mol. The largest absolute Gasteiger partial charge is 0.475 e. The van der Waals surface area contributed by atoms with E-state index in [1.54, 1.807) is 6.07 Å². The third-order valence-corrected chi connectivity index (χ3v) is 8.54. The van der Waals surface area contributed by atoms with Crippen LogP contribution in [0.2, 0.25) is 0 Å². The normalized spacial score (nSPS) is 17.0. The molecule has 0 fully saturated rings. The molecule has 0 unspecified atom stereocenters. The average Bonchev–Trinajstić information content (AvgIpc) is 2.93. The Hall–Kier alpha value is -3.71. The summed E-state index contributed by atoms with van der Waals surface area (Å²) in [5.41, 5.74) is 2.87. The van der Waals surface area contributed by atoms with Crippen LogP contribution in [-0.4, -0.2) is 66.2 Å². The van der Waals surface area contributed by atoms with E-state index in [1.807, 2.05) is 52.8 Å². The van der Waals surface area contributed by atoms with Crippen LogP contribution in [0, 0.1) is 19.8 Å². The third kappa shape index (κ3) is 8.06. The number of carbonyl (C=O) groups excluding carboxylic acids is 1. The summed E-state index contributed by atoms with van der Waals surface area (Å²) in [5, 5.41) is 2.11. The van der Waals surface area contributed by atoms with Crippen molar-refractivity contribution in [1.82, 2.24) is 20.0 Å². The highest BCUT2D eigenvalue weighted by molar-refractivity contribution is 7.92. The fourth-order valence-corrected chi connectivity index (χ4v) is 6.29. The first-order valence-corrected chi connectivity index (χ1v) is 16.0. The molecule has 44 heavy (non-hydrogen) atoms. The summed E-state index contributed by atoms with van der Waals surface area (Å²) in [5.74, 6) is -1.01. The van der Waals surface area contributed by atoms with Gasteiger partial charge in [-0.1, -0.05) is 51.5 Å². The topological polar surface area (TPSA) is 105 Å². The van der Waals surface area contributed by atoms with Crippen LogP contribution in [-0.2, 0) is 10.0 Å². The number of alkyl halides is 3. The Morgan fingerprint density at radius 3 is 2.41 bits per heavy atom. The second kappa shape index (κ2) is 13.5. The van der Waals surface area contributed by atoms with Crippen molar-refractivity contribution >= 4 is 21.9 Å². The summed E-state index contributed by atoms with van der Waals surface area (Å²) in [7, 11) is -4.31. The molecule has 0 saturated heterocycles. The van der Waals surface area contributed by atoms with Crippen molar-refractivity contribution in [3.05, 3.63) is 65.2 Å². The lowest BCUT2D eigenvalue weighted by molar-refractivity contribution is -0.180. The summed E-state index contributed by atoms with van der Waals surface area (Å²) in [6.07, 6.45) is -3.28. The van der Waals surface area contributed by atoms with Gasteiger partial charge in [-0.3, -0.25) is 9.80 Å². The molecular weight excluding hydrogens is 595 g/mol. The Morgan fingerprint density at radius 1 is 1.09 bits per heavy atom. The van der Waals surface area contributed by atoms with Crippen LogP contribution in [0.3, 0.4) is 0 Å². The quantitative estimate of drug-likeness (QED) is 0.307. The maximum Gasteiger partial charge on any atom is 0.403 e. The highest BCUT2D eigenvalue weighted by Gasteiger charge is 2.39. The number of fused-ring (bicyclic) bond motifs is 4. The summed E-state index contributed by atoms with van der Waals surface area (Å²) in [6.45, 7) is 7.87. The molecule has 1 aliphatic heterocycles. The second-order valence-corrected chi connectivity index (χ2v) is 13.1. The molecule has 1 N–H and O–H groups in total. The Kier molecular flexibility index (Phi) is 10.2. The summed E-state index contributed by atoms with van der Waals surface area (Å²) in [4.78, 5) is 22.7. The minimum Gasteiger partial charge on any atom is -0.475 e. The number of anilines is 1. The van der Waals surface area contributed by atoms with E-state index in [0.717, 1.165) is 32.8 Å². The molecule has 2 heterocycles. The zero-order valence-electron chi connectivity index (χ0n) is 25.5. The summed E-state index contributed by atoms with van der Waals surface area (Å²) >= 11 is 0. The number of amides is 1. The number of nitrogens with zero attached hydrogens (tertiary/aromatic N) is 4. The first-order chi connectivity index (χ1) is 20.7. The smallest absolute Gasteiger partial charge is 0.403 e. The molecule has 1 aromatic heterocycles. The molecule has 3 aromatic rings. The number of ether oxygens (including phenoxy) is 1. The number of nitrogens with one attached hydrogen (secondary N) is 1. The van der Waals surface area contributed by atoms with Crippen LogP contribution in [0.25, 0.3) is 11.3 Å². The molecule has 238 valence electrons. The van der Waals surface area contributed by atoms with Gasteiger partial charge in [0.2, 0.25) is 11.8 Å². The van der Waals surface area contributed by atoms with Crippen LogP contribution in [0.15, 0.2) is 53.4 Å². The van der Waals surface area contributed by atoms with Crippen molar-refractivity contribution in [3.63, 3.8) is 0 Å². The fourth-order valence-electron chi connectivity index (χ4n) is 5.30. The monoisotopic (exact) mass is 633 g/mol. The summed E-state index contributed by atoms with van der Waals surface area (Å²) in [6, 6.07) is 11.7. The minimum atomic E-state index is -4.60. The summed E-state index contributed by atoms with van der Waals surface area (Å²) < 4.78 is 77.3. The lowest BCUT2D eigenvalue weighted by Crippen LogP contribution is -2.57. The molecule has 0 aliphatic carbocycles. The van der Waals surface area contributed by atoms with Gasteiger partial charge in [0, 0.05) is 23.7 Å². The maximum atomic E-state index is 14.1. The minimum absolute atomic E-state index is 0.0124. The Morgan fingerprint density at radius 2 is 1.77 bits per heavy atom. The van der Waals surface area contributed by atoms with Gasteiger partial charge in [0.15, 0.2) is 0 Å². The van der Waals surface area contributed by atoms with Gasteiger partial charge in [-0.2, -0.15) is 18.2 Å². The number of benzene rings is 2. The van der Waals surface area contributed by atoms with E-state index in [1.165, 1.54) is 18.2 Å². The molecule has 1 atom stereocenters. The number of hydrogen-bond donors (Lipinski definition) is 1. The van der Waals surface area contributed by atoms with Gasteiger partial charge in [-0.15, -0.1) is 0 Å². The molecule has 1 aliphatic rings. The predicted molar refractivity (Wildman–Crippen MR) is 162 cm³/mol. The van der Waals surface area contributed by atoms with Crippen LogP contribution in [0.1, 0.15) is 61.5 Å². The first-order valence-electron chi connectivity index (χ1n) is 14.5. The molecule has 0 saturated carbocycles. The zero-order valence-corrected chi connectivity index (χ0v) is 26.3. The number of halogens is 3. The van der Waals surface area contributed by atoms with E-state index in [-0.39, 0.29) is 41.4 Å². The van der Waals surface area contributed by atoms with Gasteiger partial charge in [0.25, 0.3) is 15.9 Å². The maximum absolute atomic E-state index is 14.1. The van der Waals surface area contributed by atoms with Crippen LogP contribution in [0.5, 0.6) is 5.88 Å². The van der Waals surface area contributed by atoms with Gasteiger partial charge in [0.05, 0.1) is 16.6 Å². The zero-order chi connectivity index (χ0) is 32.2. The van der Waals surface area contributed by atoms with Crippen molar-refractivity contribution < 1.29 is 31.1 Å². The van der Waals surface area contributed by atoms with Crippen molar-refractivity contribution in [2.75, 3.05) is 24.4 Å². The number of carbonyl (C=O) groups is 1. The Labute approximate surface area is 256 Å². The van der Waals surface area contributed by atoms with Crippen molar-refractivity contribution in [3.8, 4) is 17.1 Å². The second-order valence-electron chi connectivity index (χ2n) is 11.4. The fraction of sp³-hybridized carbons (Fsp3) is 0.452. The highest BCUT2D eigenvalue weighted by Crippen LogP contribution is 2.31. The number of hydrazine groups is 1. The van der Waals surface area contributed by atoms with Crippen LogP contribution >= 0.6 is 0 Å². The standard InChI is InChI=1S/C31H38F3N5O4S/c1-6-7-14-38(19-31(32,33)34)39-24(15-20(2)3)18-43-27-17-26(28-21(4)10-8-11-22(28)5)35-30(36-27)37-44(41,42)25-13-9-12-23(16-25)29(39)40/h8-13,16-17,20,24H,6-7,14-15,18-19H2,1-5H3,(H,35,36,37)/t24-/m1/s1. The number of aryl methyl sites for hydroxylation is 2. The molecule has 1 amide bonds.